The van der Waals surface area contributed by atoms with Gasteiger partial charge in [-0.1, -0.05) is 17.7 Å². The molecule has 0 fully saturated rings. The van der Waals surface area contributed by atoms with Crippen molar-refractivity contribution in [2.24, 2.45) is 0 Å². The summed E-state index contributed by atoms with van der Waals surface area (Å²) in [6.07, 6.45) is 4.39. The van der Waals surface area contributed by atoms with Gasteiger partial charge in [0.15, 0.2) is 5.82 Å². The molecule has 0 saturated carbocycles. The summed E-state index contributed by atoms with van der Waals surface area (Å²) in [6, 6.07) is 7.49. The number of hydrogen-bond donors (Lipinski definition) is 1. The van der Waals surface area contributed by atoms with Gasteiger partial charge in [-0.05, 0) is 29.8 Å². The monoisotopic (exact) mass is 331 g/mol. The van der Waals surface area contributed by atoms with Crippen LogP contribution in [-0.4, -0.2) is 25.7 Å². The highest BCUT2D eigenvalue weighted by Crippen LogP contribution is 2.16. The summed E-state index contributed by atoms with van der Waals surface area (Å²) in [5, 5.41) is 6.72. The number of halogens is 2. The van der Waals surface area contributed by atoms with Crippen LogP contribution in [-0.2, 0) is 6.54 Å². The van der Waals surface area contributed by atoms with Gasteiger partial charge in [0.1, 0.15) is 18.5 Å². The maximum atomic E-state index is 13.1. The number of nitrogens with zero attached hydrogens (tertiary/aromatic N) is 4. The third-order valence-corrected chi connectivity index (χ3v) is 3.39. The van der Waals surface area contributed by atoms with E-state index in [2.05, 4.69) is 20.4 Å². The highest BCUT2D eigenvalue weighted by molar-refractivity contribution is 6.30. The Balaban J connectivity index is 1.71. The lowest BCUT2D eigenvalue weighted by Gasteiger charge is -2.07. The fourth-order valence-electron chi connectivity index (χ4n) is 1.95. The van der Waals surface area contributed by atoms with Gasteiger partial charge in [0.25, 0.3) is 5.91 Å². The van der Waals surface area contributed by atoms with Crippen LogP contribution in [0.25, 0.3) is 5.82 Å². The molecular formula is C15H11ClFN5O. The van der Waals surface area contributed by atoms with Gasteiger partial charge >= 0.3 is 0 Å². The second-order valence-corrected chi connectivity index (χ2v) is 5.08. The number of pyridine rings is 1. The van der Waals surface area contributed by atoms with Gasteiger partial charge in [-0.25, -0.2) is 19.0 Å². The standard InChI is InChI=1S/C15H11ClFN5O/c16-12-5-10(1-2-13(12)17)7-20-15(23)11-3-4-19-14(6-11)22-9-18-8-21-22/h1-6,8-9H,7H2,(H,20,23). The molecule has 0 atom stereocenters. The maximum Gasteiger partial charge on any atom is 0.251 e. The minimum Gasteiger partial charge on any atom is -0.348 e. The maximum absolute atomic E-state index is 13.1. The number of carbonyl (C=O) groups excluding carboxylic acids is 1. The molecule has 0 radical (unpaired) electrons. The Labute approximate surface area is 136 Å². The van der Waals surface area contributed by atoms with E-state index in [9.17, 15) is 9.18 Å². The van der Waals surface area contributed by atoms with Crippen LogP contribution in [0.15, 0.2) is 49.2 Å². The average Bonchev–Trinajstić information content (AvgIpc) is 3.10. The topological polar surface area (TPSA) is 72.7 Å². The Morgan fingerprint density at radius 3 is 2.91 bits per heavy atom. The van der Waals surface area contributed by atoms with Crippen molar-refractivity contribution in [3.63, 3.8) is 0 Å². The number of rotatable bonds is 4. The van der Waals surface area contributed by atoms with Crippen LogP contribution >= 0.6 is 11.6 Å². The molecule has 0 bridgehead atoms. The summed E-state index contributed by atoms with van der Waals surface area (Å²) in [5.41, 5.74) is 1.13. The van der Waals surface area contributed by atoms with E-state index in [0.29, 0.717) is 16.9 Å². The fourth-order valence-corrected chi connectivity index (χ4v) is 2.15. The SMILES string of the molecule is O=C(NCc1ccc(F)c(Cl)c1)c1ccnc(-n2cncn2)c1. The van der Waals surface area contributed by atoms with Crippen molar-refractivity contribution in [1.82, 2.24) is 25.1 Å². The number of carbonyl (C=O) groups is 1. The normalized spacial score (nSPS) is 10.5. The fraction of sp³-hybridized carbons (Fsp3) is 0.0667. The van der Waals surface area contributed by atoms with E-state index in [4.69, 9.17) is 11.6 Å². The molecule has 0 saturated heterocycles. The Bertz CT molecular complexity index is 838. The van der Waals surface area contributed by atoms with Crippen LogP contribution < -0.4 is 5.32 Å². The number of aromatic nitrogens is 4. The molecule has 0 aliphatic rings. The zero-order valence-electron chi connectivity index (χ0n) is 11.8. The smallest absolute Gasteiger partial charge is 0.251 e. The highest BCUT2D eigenvalue weighted by atomic mass is 35.5. The van der Waals surface area contributed by atoms with Gasteiger partial charge in [0.2, 0.25) is 0 Å². The van der Waals surface area contributed by atoms with Crippen molar-refractivity contribution in [2.45, 2.75) is 6.54 Å². The first kappa shape index (κ1) is 15.1. The first-order chi connectivity index (χ1) is 11.1. The van der Waals surface area contributed by atoms with E-state index in [-0.39, 0.29) is 17.5 Å². The third-order valence-electron chi connectivity index (χ3n) is 3.10. The van der Waals surface area contributed by atoms with E-state index >= 15 is 0 Å². The van der Waals surface area contributed by atoms with Crippen molar-refractivity contribution in [1.29, 1.82) is 0 Å². The molecule has 0 aliphatic carbocycles. The quantitative estimate of drug-likeness (QED) is 0.796. The van der Waals surface area contributed by atoms with Crippen molar-refractivity contribution >= 4 is 17.5 Å². The van der Waals surface area contributed by atoms with Crippen LogP contribution in [0.3, 0.4) is 0 Å². The predicted molar refractivity (Wildman–Crippen MR) is 81.7 cm³/mol. The Morgan fingerprint density at radius 1 is 1.30 bits per heavy atom. The van der Waals surface area contributed by atoms with Gasteiger partial charge in [-0.2, -0.15) is 5.10 Å². The molecule has 6 nitrogen and oxygen atoms in total. The van der Waals surface area contributed by atoms with Gasteiger partial charge in [-0.3, -0.25) is 4.79 Å². The first-order valence-electron chi connectivity index (χ1n) is 6.66. The van der Waals surface area contributed by atoms with E-state index in [1.165, 1.54) is 35.7 Å². The largest absolute Gasteiger partial charge is 0.348 e. The number of amides is 1. The Morgan fingerprint density at radius 2 is 2.17 bits per heavy atom. The molecule has 0 aliphatic heterocycles. The van der Waals surface area contributed by atoms with Gasteiger partial charge in [-0.15, -0.1) is 0 Å². The van der Waals surface area contributed by atoms with Crippen molar-refractivity contribution in [3.8, 4) is 5.82 Å². The zero-order valence-corrected chi connectivity index (χ0v) is 12.5. The van der Waals surface area contributed by atoms with Gasteiger partial charge < -0.3 is 5.32 Å². The lowest BCUT2D eigenvalue weighted by atomic mass is 10.2. The van der Waals surface area contributed by atoms with Crippen LogP contribution in [0, 0.1) is 5.82 Å². The summed E-state index contributed by atoms with van der Waals surface area (Å²) >= 11 is 5.71. The molecule has 1 N–H and O–H groups in total. The lowest BCUT2D eigenvalue weighted by Crippen LogP contribution is -2.23. The minimum atomic E-state index is -0.492. The molecule has 2 aromatic heterocycles. The van der Waals surface area contributed by atoms with E-state index in [1.54, 1.807) is 18.2 Å². The summed E-state index contributed by atoms with van der Waals surface area (Å²) in [6.45, 7) is 0.236. The molecule has 23 heavy (non-hydrogen) atoms. The van der Waals surface area contributed by atoms with Gasteiger partial charge in [0, 0.05) is 18.3 Å². The van der Waals surface area contributed by atoms with Gasteiger partial charge in [0.05, 0.1) is 5.02 Å². The third kappa shape index (κ3) is 3.51. The van der Waals surface area contributed by atoms with E-state index < -0.39 is 5.82 Å². The van der Waals surface area contributed by atoms with Crippen molar-refractivity contribution in [2.75, 3.05) is 0 Å². The molecule has 2 heterocycles. The minimum absolute atomic E-state index is 0.0223. The molecule has 1 amide bonds. The summed E-state index contributed by atoms with van der Waals surface area (Å²) in [4.78, 5) is 20.2. The van der Waals surface area contributed by atoms with Crippen molar-refractivity contribution in [3.05, 3.63) is 71.2 Å². The first-order valence-corrected chi connectivity index (χ1v) is 7.04. The second kappa shape index (κ2) is 6.53. The second-order valence-electron chi connectivity index (χ2n) is 4.67. The highest BCUT2D eigenvalue weighted by Gasteiger charge is 2.09. The predicted octanol–water partition coefficient (Wildman–Crippen LogP) is 2.38. The summed E-state index contributed by atoms with van der Waals surface area (Å²) in [5.74, 6) is -0.289. The zero-order chi connectivity index (χ0) is 16.2. The Hall–Kier alpha value is -2.80. The van der Waals surface area contributed by atoms with Crippen LogP contribution in [0.5, 0.6) is 0 Å². The van der Waals surface area contributed by atoms with Crippen molar-refractivity contribution < 1.29 is 9.18 Å². The van der Waals surface area contributed by atoms with E-state index in [0.717, 1.165) is 0 Å². The average molecular weight is 332 g/mol. The molecule has 3 aromatic rings. The summed E-state index contributed by atoms with van der Waals surface area (Å²) < 4.78 is 14.6. The lowest BCUT2D eigenvalue weighted by molar-refractivity contribution is 0.0950. The van der Waals surface area contributed by atoms with Crippen LogP contribution in [0.1, 0.15) is 15.9 Å². The number of nitrogens with one attached hydrogen (secondary N) is 1. The molecule has 8 heteroatoms. The van der Waals surface area contributed by atoms with Crippen LogP contribution in [0.4, 0.5) is 4.39 Å². The van der Waals surface area contributed by atoms with E-state index in [1.807, 2.05) is 0 Å². The number of hydrogen-bond acceptors (Lipinski definition) is 4. The molecular weight excluding hydrogens is 321 g/mol. The molecule has 3 rings (SSSR count). The van der Waals surface area contributed by atoms with Crippen LogP contribution in [0.2, 0.25) is 5.02 Å². The molecule has 0 spiro atoms. The molecule has 1 aromatic carbocycles. The number of benzene rings is 1. The Kier molecular flexibility index (Phi) is 4.29. The molecule has 0 unspecified atom stereocenters. The summed E-state index contributed by atoms with van der Waals surface area (Å²) in [7, 11) is 0. The molecule has 116 valence electrons.